The molecular weight excluding hydrogens is 154 g/mol. The molecule has 1 aliphatic rings. The van der Waals surface area contributed by atoms with Crippen molar-refractivity contribution in [1.29, 1.82) is 0 Å². The minimum atomic E-state index is 0.479. The smallest absolute Gasteiger partial charge is 0.0936 e. The minimum absolute atomic E-state index is 0.479. The van der Waals surface area contributed by atoms with Crippen molar-refractivity contribution in [3.8, 4) is 0 Å². The number of hydrazone groups is 1. The Balaban J connectivity index is 2.31. The van der Waals surface area contributed by atoms with Crippen LogP contribution in [0, 0.1) is 0 Å². The molecule has 4 heteroatoms. The SMILES string of the molecule is CCCN(/N=C/CN)C1COC1. The summed E-state index contributed by atoms with van der Waals surface area (Å²) in [5.41, 5.74) is 5.33. The maximum absolute atomic E-state index is 5.33. The van der Waals surface area contributed by atoms with E-state index in [0.29, 0.717) is 12.6 Å². The molecule has 1 heterocycles. The van der Waals surface area contributed by atoms with Crippen LogP contribution in [0.5, 0.6) is 0 Å². The van der Waals surface area contributed by atoms with Crippen LogP contribution >= 0.6 is 0 Å². The molecule has 1 fully saturated rings. The van der Waals surface area contributed by atoms with Gasteiger partial charge in [-0.15, -0.1) is 0 Å². The van der Waals surface area contributed by atoms with Crippen molar-refractivity contribution in [2.24, 2.45) is 10.8 Å². The van der Waals surface area contributed by atoms with Crippen LogP contribution in [0.1, 0.15) is 13.3 Å². The predicted octanol–water partition coefficient (Wildman–Crippen LogP) is 0.0417. The van der Waals surface area contributed by atoms with E-state index in [1.165, 1.54) is 0 Å². The Morgan fingerprint density at radius 2 is 2.42 bits per heavy atom. The van der Waals surface area contributed by atoms with Gasteiger partial charge >= 0.3 is 0 Å². The van der Waals surface area contributed by atoms with Gasteiger partial charge in [-0.3, -0.25) is 5.01 Å². The predicted molar refractivity (Wildman–Crippen MR) is 49.2 cm³/mol. The van der Waals surface area contributed by atoms with Gasteiger partial charge in [0.2, 0.25) is 0 Å². The van der Waals surface area contributed by atoms with Crippen molar-refractivity contribution >= 4 is 6.21 Å². The summed E-state index contributed by atoms with van der Waals surface area (Å²) in [7, 11) is 0. The Morgan fingerprint density at radius 1 is 1.67 bits per heavy atom. The van der Waals surface area contributed by atoms with Crippen LogP contribution in [0.4, 0.5) is 0 Å². The van der Waals surface area contributed by atoms with Crippen LogP contribution in [0.15, 0.2) is 5.10 Å². The summed E-state index contributed by atoms with van der Waals surface area (Å²) in [6.45, 7) is 5.26. The van der Waals surface area contributed by atoms with E-state index in [1.807, 2.05) is 0 Å². The normalized spacial score (nSPS) is 18.2. The number of hydrogen-bond acceptors (Lipinski definition) is 4. The van der Waals surface area contributed by atoms with Crippen LogP contribution in [-0.2, 0) is 4.74 Å². The van der Waals surface area contributed by atoms with Crippen LogP contribution in [0.2, 0.25) is 0 Å². The van der Waals surface area contributed by atoms with Gasteiger partial charge in [-0.05, 0) is 6.42 Å². The zero-order valence-corrected chi connectivity index (χ0v) is 7.57. The highest BCUT2D eigenvalue weighted by molar-refractivity contribution is 5.58. The summed E-state index contributed by atoms with van der Waals surface area (Å²) in [6, 6.07) is 0.479. The first-order valence-electron chi connectivity index (χ1n) is 4.45. The first kappa shape index (κ1) is 9.48. The van der Waals surface area contributed by atoms with E-state index in [9.17, 15) is 0 Å². The maximum Gasteiger partial charge on any atom is 0.0936 e. The van der Waals surface area contributed by atoms with E-state index in [4.69, 9.17) is 10.5 Å². The van der Waals surface area contributed by atoms with Gasteiger partial charge in [-0.1, -0.05) is 6.92 Å². The molecule has 0 saturated carbocycles. The molecule has 2 N–H and O–H groups in total. The third-order valence-electron chi connectivity index (χ3n) is 1.83. The van der Waals surface area contributed by atoms with Crippen molar-refractivity contribution in [3.63, 3.8) is 0 Å². The molecule has 4 nitrogen and oxygen atoms in total. The fourth-order valence-electron chi connectivity index (χ4n) is 1.11. The highest BCUT2D eigenvalue weighted by Gasteiger charge is 2.23. The molecule has 12 heavy (non-hydrogen) atoms. The quantitative estimate of drug-likeness (QED) is 0.469. The van der Waals surface area contributed by atoms with Crippen LogP contribution in [0.3, 0.4) is 0 Å². The lowest BCUT2D eigenvalue weighted by Crippen LogP contribution is -2.46. The summed E-state index contributed by atoms with van der Waals surface area (Å²) >= 11 is 0. The van der Waals surface area contributed by atoms with Crippen LogP contribution in [-0.4, -0.2) is 43.6 Å². The topological polar surface area (TPSA) is 50.8 Å². The van der Waals surface area contributed by atoms with E-state index < -0.39 is 0 Å². The second-order valence-corrected chi connectivity index (χ2v) is 2.89. The lowest BCUT2D eigenvalue weighted by atomic mass is 10.2. The molecule has 0 unspecified atom stereocenters. The zero-order chi connectivity index (χ0) is 8.81. The second kappa shape index (κ2) is 5.11. The van der Waals surface area contributed by atoms with E-state index in [0.717, 1.165) is 26.2 Å². The molecule has 0 aliphatic carbocycles. The lowest BCUT2D eigenvalue weighted by Gasteiger charge is -2.35. The molecule has 0 amide bonds. The Kier molecular flexibility index (Phi) is 4.04. The fourth-order valence-corrected chi connectivity index (χ4v) is 1.11. The van der Waals surface area contributed by atoms with Gasteiger partial charge in [0, 0.05) is 19.3 Å². The van der Waals surface area contributed by atoms with Gasteiger partial charge < -0.3 is 10.5 Å². The highest BCUT2D eigenvalue weighted by Crippen LogP contribution is 2.10. The Labute approximate surface area is 73.4 Å². The van der Waals surface area contributed by atoms with Crippen molar-refractivity contribution < 1.29 is 4.74 Å². The standard InChI is InChI=1S/C8H17N3O/c1-2-5-11(10-4-3-9)8-6-12-7-8/h4,8H,2-3,5-7,9H2,1H3/b10-4+. The van der Waals surface area contributed by atoms with Crippen molar-refractivity contribution in [1.82, 2.24) is 5.01 Å². The summed E-state index contributed by atoms with van der Waals surface area (Å²) in [6.07, 6.45) is 2.85. The first-order chi connectivity index (χ1) is 5.88. The largest absolute Gasteiger partial charge is 0.377 e. The fraction of sp³-hybridized carbons (Fsp3) is 0.875. The molecule has 0 aromatic rings. The molecule has 70 valence electrons. The van der Waals surface area contributed by atoms with Crippen molar-refractivity contribution in [3.05, 3.63) is 0 Å². The number of ether oxygens (including phenoxy) is 1. The van der Waals surface area contributed by atoms with Crippen molar-refractivity contribution in [2.45, 2.75) is 19.4 Å². The third kappa shape index (κ3) is 2.46. The Hall–Kier alpha value is -0.610. The molecule has 1 aliphatic heterocycles. The monoisotopic (exact) mass is 171 g/mol. The van der Waals surface area contributed by atoms with Gasteiger partial charge in [-0.2, -0.15) is 5.10 Å². The average molecular weight is 171 g/mol. The number of nitrogens with two attached hydrogens (primary N) is 1. The average Bonchev–Trinajstić information content (AvgIpc) is 1.97. The molecular formula is C8H17N3O. The minimum Gasteiger partial charge on any atom is -0.377 e. The van der Waals surface area contributed by atoms with Gasteiger partial charge in [0.05, 0.1) is 19.3 Å². The summed E-state index contributed by atoms with van der Waals surface area (Å²) in [5.74, 6) is 0. The van der Waals surface area contributed by atoms with Gasteiger partial charge in [0.25, 0.3) is 0 Å². The number of nitrogens with zero attached hydrogens (tertiary/aromatic N) is 2. The summed E-state index contributed by atoms with van der Waals surface area (Å²) in [4.78, 5) is 0. The number of hydrogen-bond donors (Lipinski definition) is 1. The Bertz CT molecular complexity index is 145. The van der Waals surface area contributed by atoms with E-state index in [-0.39, 0.29) is 0 Å². The van der Waals surface area contributed by atoms with E-state index >= 15 is 0 Å². The summed E-state index contributed by atoms with van der Waals surface area (Å²) < 4.78 is 5.10. The molecule has 0 aromatic heterocycles. The summed E-state index contributed by atoms with van der Waals surface area (Å²) in [5, 5.41) is 6.32. The molecule has 1 saturated heterocycles. The first-order valence-corrected chi connectivity index (χ1v) is 4.45. The lowest BCUT2D eigenvalue weighted by molar-refractivity contribution is -0.0640. The maximum atomic E-state index is 5.33. The van der Waals surface area contributed by atoms with Gasteiger partial charge in [-0.25, -0.2) is 0 Å². The molecule has 0 bridgehead atoms. The molecule has 0 aromatic carbocycles. The van der Waals surface area contributed by atoms with E-state index in [1.54, 1.807) is 6.21 Å². The third-order valence-corrected chi connectivity index (χ3v) is 1.83. The Morgan fingerprint density at radius 3 is 2.83 bits per heavy atom. The molecule has 0 radical (unpaired) electrons. The van der Waals surface area contributed by atoms with Gasteiger partial charge in [0.15, 0.2) is 0 Å². The zero-order valence-electron chi connectivity index (χ0n) is 7.57. The second-order valence-electron chi connectivity index (χ2n) is 2.89. The van der Waals surface area contributed by atoms with Gasteiger partial charge in [0.1, 0.15) is 0 Å². The molecule has 0 spiro atoms. The molecule has 0 atom stereocenters. The molecule has 1 rings (SSSR count). The van der Waals surface area contributed by atoms with Crippen molar-refractivity contribution in [2.75, 3.05) is 26.3 Å². The highest BCUT2D eigenvalue weighted by atomic mass is 16.5. The van der Waals surface area contributed by atoms with E-state index in [2.05, 4.69) is 17.0 Å². The van der Waals surface area contributed by atoms with Crippen LogP contribution < -0.4 is 5.73 Å². The number of rotatable bonds is 5. The van der Waals surface area contributed by atoms with Crippen LogP contribution in [0.25, 0.3) is 0 Å².